The van der Waals surface area contributed by atoms with Crippen LogP contribution in [-0.2, 0) is 0 Å². The van der Waals surface area contributed by atoms with Gasteiger partial charge in [-0.25, -0.2) is 0 Å². The number of aliphatic hydroxyl groups excluding tert-OH is 1. The maximum absolute atomic E-state index is 12.7. The smallest absolute Gasteiger partial charge is 0.391 e. The third-order valence-electron chi connectivity index (χ3n) is 5.07. The molecule has 0 amide bonds. The summed E-state index contributed by atoms with van der Waals surface area (Å²) in [6.45, 7) is -0.0475. The van der Waals surface area contributed by atoms with Gasteiger partial charge < -0.3 is 10.4 Å². The SMILES string of the molecule is OCC1(NC2CCCCCC2)CCC(C(F)(F)F)CC1. The third-order valence-corrected chi connectivity index (χ3v) is 5.07. The number of halogens is 3. The fourth-order valence-electron chi connectivity index (χ4n) is 3.70. The molecule has 0 bridgehead atoms. The minimum atomic E-state index is -4.08. The van der Waals surface area contributed by atoms with E-state index >= 15 is 0 Å². The Kier molecular flexibility index (Phi) is 5.35. The van der Waals surface area contributed by atoms with Crippen LogP contribution in [0.3, 0.4) is 0 Å². The molecular formula is C15H26F3NO. The van der Waals surface area contributed by atoms with Gasteiger partial charge in [0.25, 0.3) is 0 Å². The van der Waals surface area contributed by atoms with Crippen molar-refractivity contribution < 1.29 is 18.3 Å². The molecule has 0 atom stereocenters. The summed E-state index contributed by atoms with van der Waals surface area (Å²) in [6, 6.07) is 0.368. The third kappa shape index (κ3) is 4.10. The number of hydrogen-bond donors (Lipinski definition) is 2. The molecule has 0 aromatic carbocycles. The van der Waals surface area contributed by atoms with Crippen molar-refractivity contribution >= 4 is 0 Å². The molecule has 0 aromatic heterocycles. The van der Waals surface area contributed by atoms with E-state index < -0.39 is 17.6 Å². The van der Waals surface area contributed by atoms with Crippen LogP contribution in [-0.4, -0.2) is 29.5 Å². The molecule has 0 aliphatic heterocycles. The van der Waals surface area contributed by atoms with Crippen molar-refractivity contribution in [1.29, 1.82) is 0 Å². The Balaban J connectivity index is 1.90. The molecule has 2 N–H and O–H groups in total. The summed E-state index contributed by atoms with van der Waals surface area (Å²) in [5.74, 6) is -1.18. The Morgan fingerprint density at radius 1 is 0.950 bits per heavy atom. The predicted molar refractivity (Wildman–Crippen MR) is 72.5 cm³/mol. The van der Waals surface area contributed by atoms with E-state index in [9.17, 15) is 18.3 Å². The Labute approximate surface area is 119 Å². The second-order valence-corrected chi connectivity index (χ2v) is 6.59. The zero-order valence-electron chi connectivity index (χ0n) is 12.0. The van der Waals surface area contributed by atoms with Gasteiger partial charge in [0.05, 0.1) is 12.5 Å². The molecule has 0 radical (unpaired) electrons. The highest BCUT2D eigenvalue weighted by atomic mass is 19.4. The van der Waals surface area contributed by atoms with E-state index in [1.165, 1.54) is 25.7 Å². The van der Waals surface area contributed by atoms with E-state index in [4.69, 9.17) is 0 Å². The van der Waals surface area contributed by atoms with Crippen molar-refractivity contribution in [3.05, 3.63) is 0 Å². The zero-order chi connectivity index (χ0) is 14.6. The van der Waals surface area contributed by atoms with E-state index in [1.54, 1.807) is 0 Å². The maximum Gasteiger partial charge on any atom is 0.391 e. The Bertz CT molecular complexity index is 290. The van der Waals surface area contributed by atoms with Gasteiger partial charge in [0, 0.05) is 11.6 Å². The predicted octanol–water partition coefficient (Wildman–Crippen LogP) is 3.78. The van der Waals surface area contributed by atoms with E-state index in [0.29, 0.717) is 18.9 Å². The van der Waals surface area contributed by atoms with Gasteiger partial charge in [0.1, 0.15) is 0 Å². The van der Waals surface area contributed by atoms with Gasteiger partial charge in [-0.3, -0.25) is 0 Å². The molecule has 5 heteroatoms. The van der Waals surface area contributed by atoms with Crippen molar-refractivity contribution in [2.45, 2.75) is 82.0 Å². The fourth-order valence-corrected chi connectivity index (χ4v) is 3.70. The number of hydrogen-bond acceptors (Lipinski definition) is 2. The van der Waals surface area contributed by atoms with Crippen LogP contribution < -0.4 is 5.32 Å². The second kappa shape index (κ2) is 6.65. The average Bonchev–Trinajstić information content (AvgIpc) is 2.67. The van der Waals surface area contributed by atoms with E-state index in [2.05, 4.69) is 5.32 Å². The lowest BCUT2D eigenvalue weighted by Crippen LogP contribution is -2.55. The van der Waals surface area contributed by atoms with Crippen molar-refractivity contribution in [2.24, 2.45) is 5.92 Å². The lowest BCUT2D eigenvalue weighted by Gasteiger charge is -2.42. The second-order valence-electron chi connectivity index (χ2n) is 6.59. The van der Waals surface area contributed by atoms with Gasteiger partial charge in [-0.05, 0) is 38.5 Å². The minimum Gasteiger partial charge on any atom is -0.394 e. The first kappa shape index (κ1) is 16.1. The highest BCUT2D eigenvalue weighted by Crippen LogP contribution is 2.41. The Morgan fingerprint density at radius 3 is 1.95 bits per heavy atom. The molecule has 118 valence electrons. The number of alkyl halides is 3. The summed E-state index contributed by atoms with van der Waals surface area (Å²) in [5.41, 5.74) is -0.475. The van der Waals surface area contributed by atoms with Crippen LogP contribution in [0.1, 0.15) is 64.2 Å². The topological polar surface area (TPSA) is 32.3 Å². The van der Waals surface area contributed by atoms with E-state index in [0.717, 1.165) is 12.8 Å². The molecule has 0 unspecified atom stereocenters. The van der Waals surface area contributed by atoms with Gasteiger partial charge in [0.2, 0.25) is 0 Å². The van der Waals surface area contributed by atoms with Crippen LogP contribution in [0.5, 0.6) is 0 Å². The fraction of sp³-hybridized carbons (Fsp3) is 1.00. The minimum absolute atomic E-state index is 0.0475. The number of aliphatic hydroxyl groups is 1. The first-order valence-electron chi connectivity index (χ1n) is 7.90. The van der Waals surface area contributed by atoms with Crippen molar-refractivity contribution in [2.75, 3.05) is 6.61 Å². The van der Waals surface area contributed by atoms with Crippen LogP contribution in [0.25, 0.3) is 0 Å². The van der Waals surface area contributed by atoms with Crippen molar-refractivity contribution in [3.8, 4) is 0 Å². The number of nitrogens with one attached hydrogen (secondary N) is 1. The van der Waals surface area contributed by atoms with E-state index in [1.807, 2.05) is 0 Å². The molecule has 20 heavy (non-hydrogen) atoms. The highest BCUT2D eigenvalue weighted by molar-refractivity contribution is 4.96. The van der Waals surface area contributed by atoms with Crippen LogP contribution in [0, 0.1) is 5.92 Å². The molecule has 2 rings (SSSR count). The summed E-state index contributed by atoms with van der Waals surface area (Å²) in [6.07, 6.45) is 4.12. The van der Waals surface area contributed by atoms with E-state index in [-0.39, 0.29) is 19.4 Å². The summed E-state index contributed by atoms with van der Waals surface area (Å²) in [7, 11) is 0. The molecular weight excluding hydrogens is 267 g/mol. The lowest BCUT2D eigenvalue weighted by molar-refractivity contribution is -0.186. The summed E-state index contributed by atoms with van der Waals surface area (Å²) >= 11 is 0. The summed E-state index contributed by atoms with van der Waals surface area (Å²) in [4.78, 5) is 0. The number of rotatable bonds is 3. The molecule has 0 aromatic rings. The molecule has 2 saturated carbocycles. The Morgan fingerprint density at radius 2 is 1.50 bits per heavy atom. The van der Waals surface area contributed by atoms with Crippen LogP contribution in [0.15, 0.2) is 0 Å². The monoisotopic (exact) mass is 293 g/mol. The van der Waals surface area contributed by atoms with Gasteiger partial charge in [-0.2, -0.15) is 13.2 Å². The van der Waals surface area contributed by atoms with Crippen LogP contribution >= 0.6 is 0 Å². The molecule has 2 aliphatic rings. The lowest BCUT2D eigenvalue weighted by atomic mass is 9.76. The van der Waals surface area contributed by atoms with Gasteiger partial charge in [0.15, 0.2) is 0 Å². The molecule has 2 nitrogen and oxygen atoms in total. The largest absolute Gasteiger partial charge is 0.394 e. The van der Waals surface area contributed by atoms with Crippen molar-refractivity contribution in [3.63, 3.8) is 0 Å². The maximum atomic E-state index is 12.7. The first-order valence-corrected chi connectivity index (χ1v) is 7.90. The first-order chi connectivity index (χ1) is 9.45. The van der Waals surface area contributed by atoms with Gasteiger partial charge in [-0.1, -0.05) is 25.7 Å². The molecule has 0 saturated heterocycles. The van der Waals surface area contributed by atoms with Crippen molar-refractivity contribution in [1.82, 2.24) is 5.32 Å². The Hall–Kier alpha value is -0.290. The van der Waals surface area contributed by atoms with Gasteiger partial charge in [-0.15, -0.1) is 0 Å². The zero-order valence-corrected chi connectivity index (χ0v) is 12.0. The standard InChI is InChI=1S/C15H26F3NO/c16-15(17,18)12-7-9-14(11-20,10-8-12)19-13-5-3-1-2-4-6-13/h12-13,19-20H,1-11H2. The summed E-state index contributed by atoms with van der Waals surface area (Å²) in [5, 5.41) is 13.2. The molecule has 2 aliphatic carbocycles. The van der Waals surface area contributed by atoms with Crippen LogP contribution in [0.2, 0.25) is 0 Å². The van der Waals surface area contributed by atoms with Gasteiger partial charge >= 0.3 is 6.18 Å². The molecule has 0 heterocycles. The van der Waals surface area contributed by atoms with Crippen LogP contribution in [0.4, 0.5) is 13.2 Å². The highest BCUT2D eigenvalue weighted by Gasteiger charge is 2.46. The molecule has 0 spiro atoms. The quantitative estimate of drug-likeness (QED) is 0.776. The summed E-state index contributed by atoms with van der Waals surface area (Å²) < 4.78 is 38.2. The normalized spacial score (nSPS) is 33.9. The average molecular weight is 293 g/mol. The molecule has 2 fully saturated rings.